The van der Waals surface area contributed by atoms with Crippen LogP contribution in [0.25, 0.3) is 0 Å². The van der Waals surface area contributed by atoms with Crippen molar-refractivity contribution in [2.24, 2.45) is 5.92 Å². The van der Waals surface area contributed by atoms with E-state index in [0.717, 1.165) is 13.0 Å². The number of methoxy groups -OCH3 is 1. The highest BCUT2D eigenvalue weighted by Crippen LogP contribution is 2.11. The van der Waals surface area contributed by atoms with E-state index in [4.69, 9.17) is 9.47 Å². The van der Waals surface area contributed by atoms with E-state index in [1.807, 2.05) is 0 Å². The molecule has 2 heteroatoms. The quantitative estimate of drug-likeness (QED) is 0.616. The van der Waals surface area contributed by atoms with Gasteiger partial charge in [0.25, 0.3) is 0 Å². The van der Waals surface area contributed by atoms with Crippen LogP contribution in [-0.4, -0.2) is 25.9 Å². The normalized spacial score (nSPS) is 12.5. The van der Waals surface area contributed by atoms with Crippen LogP contribution in [0.3, 0.4) is 0 Å². The zero-order chi connectivity index (χ0) is 9.61. The van der Waals surface area contributed by atoms with Gasteiger partial charge in [0.2, 0.25) is 0 Å². The maximum absolute atomic E-state index is 5.66. The van der Waals surface area contributed by atoms with Crippen LogP contribution >= 0.6 is 0 Å². The van der Waals surface area contributed by atoms with E-state index in [9.17, 15) is 0 Å². The molecule has 0 aliphatic carbocycles. The Labute approximate surface area is 76.3 Å². The van der Waals surface area contributed by atoms with Crippen LogP contribution in [0.2, 0.25) is 0 Å². The van der Waals surface area contributed by atoms with Crippen LogP contribution in [-0.2, 0) is 9.47 Å². The van der Waals surface area contributed by atoms with E-state index >= 15 is 0 Å². The maximum atomic E-state index is 5.66. The van der Waals surface area contributed by atoms with E-state index in [2.05, 4.69) is 27.7 Å². The monoisotopic (exact) mass is 174 g/mol. The van der Waals surface area contributed by atoms with Crippen LogP contribution in [0.4, 0.5) is 0 Å². The fraction of sp³-hybridized carbons (Fsp3) is 1.00. The third-order valence-electron chi connectivity index (χ3n) is 1.68. The van der Waals surface area contributed by atoms with Crippen LogP contribution in [0.15, 0.2) is 0 Å². The minimum atomic E-state index is -0.135. The molecule has 0 aromatic carbocycles. The Kier molecular flexibility index (Phi) is 5.51. The fourth-order valence-corrected chi connectivity index (χ4v) is 0.960. The summed E-state index contributed by atoms with van der Waals surface area (Å²) in [6.07, 6.45) is 1.12. The van der Waals surface area contributed by atoms with Gasteiger partial charge in [0.15, 0.2) is 0 Å². The molecular weight excluding hydrogens is 152 g/mol. The third kappa shape index (κ3) is 6.62. The highest BCUT2D eigenvalue weighted by molar-refractivity contribution is 4.66. The largest absolute Gasteiger partial charge is 0.382 e. The Morgan fingerprint density at radius 3 is 2.25 bits per heavy atom. The van der Waals surface area contributed by atoms with Gasteiger partial charge >= 0.3 is 0 Å². The Morgan fingerprint density at radius 1 is 1.25 bits per heavy atom. The Hall–Kier alpha value is -0.0800. The van der Waals surface area contributed by atoms with Crippen molar-refractivity contribution in [3.63, 3.8) is 0 Å². The first-order chi connectivity index (χ1) is 5.48. The van der Waals surface area contributed by atoms with Crippen molar-refractivity contribution in [3.8, 4) is 0 Å². The molecule has 0 fully saturated rings. The van der Waals surface area contributed by atoms with Crippen molar-refractivity contribution in [2.75, 3.05) is 20.3 Å². The molecule has 0 aromatic heterocycles. The molecule has 0 spiro atoms. The Morgan fingerprint density at radius 2 is 1.83 bits per heavy atom. The summed E-state index contributed by atoms with van der Waals surface area (Å²) in [7, 11) is 1.70. The second-order valence-electron chi connectivity index (χ2n) is 4.22. The molecular formula is C10H22O2. The molecule has 0 N–H and O–H groups in total. The lowest BCUT2D eigenvalue weighted by Crippen LogP contribution is -2.30. The molecule has 0 radical (unpaired) electrons. The summed E-state index contributed by atoms with van der Waals surface area (Å²) in [5.74, 6) is 0.711. The minimum absolute atomic E-state index is 0.135. The van der Waals surface area contributed by atoms with E-state index in [1.165, 1.54) is 0 Å². The average Bonchev–Trinajstić information content (AvgIpc) is 1.85. The summed E-state index contributed by atoms with van der Waals surface area (Å²) < 4.78 is 10.7. The lowest BCUT2D eigenvalue weighted by molar-refractivity contribution is -0.0673. The first-order valence-corrected chi connectivity index (χ1v) is 4.61. The van der Waals surface area contributed by atoms with Gasteiger partial charge in [-0.25, -0.2) is 0 Å². The molecule has 0 heterocycles. The zero-order valence-electron chi connectivity index (χ0n) is 9.02. The van der Waals surface area contributed by atoms with Crippen LogP contribution in [0, 0.1) is 5.92 Å². The summed E-state index contributed by atoms with van der Waals surface area (Å²) in [5.41, 5.74) is -0.135. The van der Waals surface area contributed by atoms with Gasteiger partial charge in [0, 0.05) is 13.7 Å². The fourth-order valence-electron chi connectivity index (χ4n) is 0.960. The molecule has 0 unspecified atom stereocenters. The van der Waals surface area contributed by atoms with Crippen LogP contribution in [0.5, 0.6) is 0 Å². The SMILES string of the molecule is COCC(C)(C)OCCC(C)C. The summed E-state index contributed by atoms with van der Waals surface area (Å²) in [6, 6.07) is 0. The van der Waals surface area contributed by atoms with E-state index in [-0.39, 0.29) is 5.60 Å². The minimum Gasteiger partial charge on any atom is -0.382 e. The highest BCUT2D eigenvalue weighted by atomic mass is 16.5. The molecule has 12 heavy (non-hydrogen) atoms. The lowest BCUT2D eigenvalue weighted by atomic mass is 10.1. The summed E-state index contributed by atoms with van der Waals surface area (Å²) in [6.45, 7) is 9.99. The van der Waals surface area contributed by atoms with Crippen molar-refractivity contribution in [1.82, 2.24) is 0 Å². The molecule has 0 atom stereocenters. The molecule has 0 rings (SSSR count). The van der Waals surface area contributed by atoms with Gasteiger partial charge in [-0.2, -0.15) is 0 Å². The third-order valence-corrected chi connectivity index (χ3v) is 1.68. The topological polar surface area (TPSA) is 18.5 Å². The Bertz CT molecular complexity index is 108. The molecule has 0 amide bonds. The molecule has 0 saturated heterocycles. The summed E-state index contributed by atoms with van der Waals surface area (Å²) >= 11 is 0. The number of rotatable bonds is 6. The molecule has 0 aromatic rings. The molecule has 0 saturated carbocycles. The number of ether oxygens (including phenoxy) is 2. The van der Waals surface area contributed by atoms with E-state index in [1.54, 1.807) is 7.11 Å². The number of hydrogen-bond acceptors (Lipinski definition) is 2. The average molecular weight is 174 g/mol. The number of hydrogen-bond donors (Lipinski definition) is 0. The molecule has 74 valence electrons. The van der Waals surface area contributed by atoms with E-state index in [0.29, 0.717) is 12.5 Å². The van der Waals surface area contributed by atoms with Crippen molar-refractivity contribution in [1.29, 1.82) is 0 Å². The van der Waals surface area contributed by atoms with Gasteiger partial charge < -0.3 is 9.47 Å². The van der Waals surface area contributed by atoms with Crippen molar-refractivity contribution in [2.45, 2.75) is 39.7 Å². The molecule has 0 aliphatic rings. The van der Waals surface area contributed by atoms with Gasteiger partial charge in [0.1, 0.15) is 0 Å². The maximum Gasteiger partial charge on any atom is 0.0858 e. The van der Waals surface area contributed by atoms with E-state index < -0.39 is 0 Å². The van der Waals surface area contributed by atoms with Crippen molar-refractivity contribution >= 4 is 0 Å². The van der Waals surface area contributed by atoms with Crippen molar-refractivity contribution in [3.05, 3.63) is 0 Å². The zero-order valence-corrected chi connectivity index (χ0v) is 9.02. The highest BCUT2D eigenvalue weighted by Gasteiger charge is 2.17. The molecule has 0 aliphatic heterocycles. The van der Waals surface area contributed by atoms with Crippen LogP contribution < -0.4 is 0 Å². The second kappa shape index (κ2) is 5.55. The predicted octanol–water partition coefficient (Wildman–Crippen LogP) is 2.47. The lowest BCUT2D eigenvalue weighted by Gasteiger charge is -2.24. The molecule has 0 bridgehead atoms. The van der Waals surface area contributed by atoms with Gasteiger partial charge in [-0.05, 0) is 26.2 Å². The van der Waals surface area contributed by atoms with Crippen LogP contribution in [0.1, 0.15) is 34.1 Å². The van der Waals surface area contributed by atoms with Gasteiger partial charge in [0.05, 0.1) is 12.2 Å². The predicted molar refractivity (Wildman–Crippen MR) is 51.4 cm³/mol. The first kappa shape index (κ1) is 11.9. The smallest absolute Gasteiger partial charge is 0.0858 e. The summed E-state index contributed by atoms with van der Waals surface area (Å²) in [5, 5.41) is 0. The standard InChI is InChI=1S/C10H22O2/c1-9(2)6-7-12-10(3,4)8-11-5/h9H,6-8H2,1-5H3. The van der Waals surface area contributed by atoms with Gasteiger partial charge in [-0.3, -0.25) is 0 Å². The second-order valence-corrected chi connectivity index (χ2v) is 4.22. The van der Waals surface area contributed by atoms with Gasteiger partial charge in [-0.1, -0.05) is 13.8 Å². The Balaban J connectivity index is 3.46. The van der Waals surface area contributed by atoms with Crippen molar-refractivity contribution < 1.29 is 9.47 Å². The first-order valence-electron chi connectivity index (χ1n) is 4.61. The summed E-state index contributed by atoms with van der Waals surface area (Å²) in [4.78, 5) is 0. The van der Waals surface area contributed by atoms with Gasteiger partial charge in [-0.15, -0.1) is 0 Å². The molecule has 2 nitrogen and oxygen atoms in total.